The van der Waals surface area contributed by atoms with Crippen LogP contribution < -0.4 is 5.32 Å². The largest absolute Gasteiger partial charge is 0.480 e. The van der Waals surface area contributed by atoms with Crippen LogP contribution in [0.3, 0.4) is 0 Å². The molecule has 1 saturated heterocycles. The lowest BCUT2D eigenvalue weighted by Gasteiger charge is -2.28. The predicted molar refractivity (Wildman–Crippen MR) is 37.7 cm³/mol. The lowest BCUT2D eigenvalue weighted by atomic mass is 10.2. The zero-order valence-corrected chi connectivity index (χ0v) is 6.72. The Hall–Kier alpha value is -0.750. The van der Waals surface area contributed by atoms with Crippen LogP contribution in [0, 0.1) is 0 Å². The fraction of sp³-hybridized carbons (Fsp3) is 0.857. The minimum atomic E-state index is -2.79. The number of alkyl halides is 2. The molecular weight excluding hydrogens is 184 g/mol. The van der Waals surface area contributed by atoms with Gasteiger partial charge in [0.05, 0.1) is 13.0 Å². The maximum atomic E-state index is 12.7. The molecule has 1 spiro atoms. The zero-order chi connectivity index (χ0) is 9.69. The Balaban J connectivity index is 1.95. The van der Waals surface area contributed by atoms with E-state index >= 15 is 0 Å². The number of hydrogen-bond acceptors (Lipinski definition) is 3. The SMILES string of the molecule is O=C(O)C1COC2(CN1)CC2(F)F. The van der Waals surface area contributed by atoms with E-state index in [1.165, 1.54) is 0 Å². The van der Waals surface area contributed by atoms with E-state index in [1.807, 2.05) is 0 Å². The molecule has 1 aliphatic carbocycles. The molecule has 0 aromatic heterocycles. The van der Waals surface area contributed by atoms with Crippen LogP contribution in [0.2, 0.25) is 0 Å². The summed E-state index contributed by atoms with van der Waals surface area (Å²) in [7, 11) is 0. The molecule has 1 saturated carbocycles. The molecule has 6 heteroatoms. The Bertz CT molecular complexity index is 248. The molecule has 74 valence electrons. The van der Waals surface area contributed by atoms with Crippen molar-refractivity contribution in [3.05, 3.63) is 0 Å². The fourth-order valence-corrected chi connectivity index (χ4v) is 1.46. The van der Waals surface area contributed by atoms with Crippen molar-refractivity contribution in [2.24, 2.45) is 0 Å². The van der Waals surface area contributed by atoms with Gasteiger partial charge < -0.3 is 9.84 Å². The number of ether oxygens (including phenoxy) is 1. The van der Waals surface area contributed by atoms with Gasteiger partial charge in [-0.25, -0.2) is 8.78 Å². The van der Waals surface area contributed by atoms with Crippen LogP contribution in [0.25, 0.3) is 0 Å². The van der Waals surface area contributed by atoms with Gasteiger partial charge in [-0.1, -0.05) is 0 Å². The third kappa shape index (κ3) is 1.21. The highest BCUT2D eigenvalue weighted by atomic mass is 19.3. The van der Waals surface area contributed by atoms with Crippen molar-refractivity contribution in [2.75, 3.05) is 13.2 Å². The van der Waals surface area contributed by atoms with Gasteiger partial charge in [0.2, 0.25) is 0 Å². The first kappa shape index (κ1) is 8.83. The number of morpholine rings is 1. The maximum Gasteiger partial charge on any atom is 0.323 e. The summed E-state index contributed by atoms with van der Waals surface area (Å²) >= 11 is 0. The number of nitrogens with one attached hydrogen (secondary N) is 1. The minimum absolute atomic E-state index is 0.0863. The molecule has 1 aliphatic heterocycles. The van der Waals surface area contributed by atoms with Crippen LogP contribution in [-0.4, -0.2) is 41.8 Å². The zero-order valence-electron chi connectivity index (χ0n) is 6.72. The first-order valence-electron chi connectivity index (χ1n) is 3.95. The quantitative estimate of drug-likeness (QED) is 0.607. The van der Waals surface area contributed by atoms with Gasteiger partial charge in [-0.2, -0.15) is 0 Å². The van der Waals surface area contributed by atoms with E-state index in [9.17, 15) is 13.6 Å². The van der Waals surface area contributed by atoms with Gasteiger partial charge >= 0.3 is 5.97 Å². The average Bonchev–Trinajstić information content (AvgIpc) is 2.53. The van der Waals surface area contributed by atoms with Crippen LogP contribution in [0.5, 0.6) is 0 Å². The first-order chi connectivity index (χ1) is 5.97. The van der Waals surface area contributed by atoms with Crippen molar-refractivity contribution in [3.8, 4) is 0 Å². The van der Waals surface area contributed by atoms with Crippen molar-refractivity contribution >= 4 is 5.97 Å². The van der Waals surface area contributed by atoms with E-state index in [4.69, 9.17) is 9.84 Å². The third-order valence-corrected chi connectivity index (χ3v) is 2.51. The summed E-state index contributed by atoms with van der Waals surface area (Å²) in [6.45, 7) is -0.276. The lowest BCUT2D eigenvalue weighted by Crippen LogP contribution is -2.53. The average molecular weight is 193 g/mol. The van der Waals surface area contributed by atoms with Crippen molar-refractivity contribution in [1.82, 2.24) is 5.32 Å². The Kier molecular flexibility index (Phi) is 1.62. The van der Waals surface area contributed by atoms with Crippen molar-refractivity contribution < 1.29 is 23.4 Å². The Labute approximate surface area is 72.9 Å². The lowest BCUT2D eigenvalue weighted by molar-refractivity contribution is -0.148. The minimum Gasteiger partial charge on any atom is -0.480 e. The highest BCUT2D eigenvalue weighted by Gasteiger charge is 2.73. The number of carbonyl (C=O) groups is 1. The molecule has 2 rings (SSSR count). The molecule has 13 heavy (non-hydrogen) atoms. The second-order valence-corrected chi connectivity index (χ2v) is 3.46. The summed E-state index contributed by atoms with van der Waals surface area (Å²) in [4.78, 5) is 10.4. The second-order valence-electron chi connectivity index (χ2n) is 3.46. The second kappa shape index (κ2) is 2.39. The standard InChI is InChI=1S/C7H9F2NO3/c8-7(9)2-6(7)3-10-4(1-13-6)5(11)12/h4,10H,1-3H2,(H,11,12). The molecule has 0 bridgehead atoms. The van der Waals surface area contributed by atoms with Gasteiger partial charge in [-0.3, -0.25) is 10.1 Å². The van der Waals surface area contributed by atoms with E-state index in [1.54, 1.807) is 0 Å². The molecule has 2 atom stereocenters. The molecule has 0 amide bonds. The summed E-state index contributed by atoms with van der Waals surface area (Å²) in [5.74, 6) is -3.86. The van der Waals surface area contributed by atoms with Crippen molar-refractivity contribution in [1.29, 1.82) is 0 Å². The van der Waals surface area contributed by atoms with E-state index in [-0.39, 0.29) is 19.6 Å². The Morgan fingerprint density at radius 2 is 2.23 bits per heavy atom. The molecule has 2 aliphatic rings. The van der Waals surface area contributed by atoms with Crippen LogP contribution in [0.1, 0.15) is 6.42 Å². The maximum absolute atomic E-state index is 12.7. The van der Waals surface area contributed by atoms with Gasteiger partial charge in [-0.05, 0) is 0 Å². The summed E-state index contributed by atoms with van der Waals surface area (Å²) in [6, 6.07) is -0.859. The molecule has 0 radical (unpaired) electrons. The van der Waals surface area contributed by atoms with Crippen LogP contribution in [-0.2, 0) is 9.53 Å². The van der Waals surface area contributed by atoms with Gasteiger partial charge in [-0.15, -0.1) is 0 Å². The molecule has 0 aromatic carbocycles. The number of carboxylic acids is 1. The number of carboxylic acid groups (broad SMARTS) is 1. The van der Waals surface area contributed by atoms with Crippen LogP contribution >= 0.6 is 0 Å². The third-order valence-electron chi connectivity index (χ3n) is 2.51. The van der Waals surface area contributed by atoms with Gasteiger partial charge in [0.1, 0.15) is 11.6 Å². The van der Waals surface area contributed by atoms with Gasteiger partial charge in [0.15, 0.2) is 0 Å². The number of rotatable bonds is 1. The molecule has 2 N–H and O–H groups in total. The smallest absolute Gasteiger partial charge is 0.323 e. The number of hydrogen-bond donors (Lipinski definition) is 2. The molecule has 2 fully saturated rings. The topological polar surface area (TPSA) is 58.6 Å². The molecule has 4 nitrogen and oxygen atoms in total. The Morgan fingerprint density at radius 3 is 2.54 bits per heavy atom. The van der Waals surface area contributed by atoms with Crippen LogP contribution in [0.4, 0.5) is 8.78 Å². The summed E-state index contributed by atoms with van der Waals surface area (Å²) in [5, 5.41) is 11.1. The number of aliphatic carboxylic acids is 1. The van der Waals surface area contributed by atoms with E-state index in [2.05, 4.69) is 5.32 Å². The first-order valence-corrected chi connectivity index (χ1v) is 3.95. The summed E-state index contributed by atoms with van der Waals surface area (Å²) in [6.07, 6.45) is -0.306. The van der Waals surface area contributed by atoms with Gasteiger partial charge in [0.25, 0.3) is 5.92 Å². The van der Waals surface area contributed by atoms with E-state index in [0.717, 1.165) is 0 Å². The van der Waals surface area contributed by atoms with Crippen molar-refractivity contribution in [3.63, 3.8) is 0 Å². The van der Waals surface area contributed by atoms with E-state index in [0.29, 0.717) is 0 Å². The number of halogens is 2. The summed E-state index contributed by atoms with van der Waals surface area (Å²) < 4.78 is 30.2. The van der Waals surface area contributed by atoms with Gasteiger partial charge in [0, 0.05) is 6.54 Å². The predicted octanol–water partition coefficient (Wildman–Crippen LogP) is -0.163. The van der Waals surface area contributed by atoms with Crippen LogP contribution in [0.15, 0.2) is 0 Å². The molecule has 0 aromatic rings. The molecular formula is C7H9F2NO3. The normalized spacial score (nSPS) is 41.8. The highest BCUT2D eigenvalue weighted by Crippen LogP contribution is 2.55. The fourth-order valence-electron chi connectivity index (χ4n) is 1.46. The molecule has 1 heterocycles. The van der Waals surface area contributed by atoms with E-state index < -0.39 is 23.5 Å². The summed E-state index contributed by atoms with van der Waals surface area (Å²) in [5.41, 5.74) is -1.42. The monoisotopic (exact) mass is 193 g/mol. The molecule has 2 unspecified atom stereocenters. The highest BCUT2D eigenvalue weighted by molar-refractivity contribution is 5.73. The Morgan fingerprint density at radius 1 is 1.62 bits per heavy atom. The van der Waals surface area contributed by atoms with Crippen molar-refractivity contribution in [2.45, 2.75) is 24.0 Å².